The van der Waals surface area contributed by atoms with Crippen LogP contribution in [0.1, 0.15) is 99.3 Å². The van der Waals surface area contributed by atoms with E-state index < -0.39 is 64.8 Å². The van der Waals surface area contributed by atoms with Crippen molar-refractivity contribution < 1.29 is 50.0 Å². The summed E-state index contributed by atoms with van der Waals surface area (Å²) in [6, 6.07) is 0. The minimum absolute atomic E-state index is 0.0232. The van der Waals surface area contributed by atoms with Crippen LogP contribution in [-0.2, 0) is 14.2 Å². The van der Waals surface area contributed by atoms with Crippen molar-refractivity contribution in [3.05, 3.63) is 0 Å². The molecule has 2 aliphatic heterocycles. The fourth-order valence-electron chi connectivity index (χ4n) is 13.5. The van der Waals surface area contributed by atoms with E-state index in [2.05, 4.69) is 20.8 Å². The van der Waals surface area contributed by atoms with Crippen LogP contribution in [0.4, 0.5) is 0 Å². The quantitative estimate of drug-likeness (QED) is 0.221. The lowest BCUT2D eigenvalue weighted by Crippen LogP contribution is -2.66. The zero-order valence-corrected chi connectivity index (χ0v) is 28.0. The van der Waals surface area contributed by atoms with Crippen molar-refractivity contribution in [1.29, 1.82) is 0 Å². The predicted octanol–water partition coefficient (Wildman–Crippen LogP) is 1.87. The molecule has 2 spiro atoms. The summed E-state index contributed by atoms with van der Waals surface area (Å²) in [7, 11) is 0. The van der Waals surface area contributed by atoms with Crippen LogP contribution >= 0.6 is 0 Å². The number of fused-ring (bicyclic) bond motifs is 2. The van der Waals surface area contributed by atoms with Crippen molar-refractivity contribution in [3.8, 4) is 0 Å². The molecule has 7 fully saturated rings. The summed E-state index contributed by atoms with van der Waals surface area (Å²) in [5.41, 5.74) is -3.54. The van der Waals surface area contributed by atoms with Crippen LogP contribution in [0.5, 0.6) is 0 Å². The Hall–Kier alpha value is -0.400. The van der Waals surface area contributed by atoms with Crippen molar-refractivity contribution >= 4 is 0 Å². The van der Waals surface area contributed by atoms with Crippen molar-refractivity contribution in [2.75, 3.05) is 13.2 Å². The summed E-state index contributed by atoms with van der Waals surface area (Å²) in [6.07, 6.45) is 0.117. The Labute approximate surface area is 267 Å². The summed E-state index contributed by atoms with van der Waals surface area (Å²) >= 11 is 0. The molecule has 5 saturated carbocycles. The third-order valence-corrected chi connectivity index (χ3v) is 15.5. The Balaban J connectivity index is 1.17. The second kappa shape index (κ2) is 10.1. The van der Waals surface area contributed by atoms with Gasteiger partial charge < -0.3 is 50.0 Å². The van der Waals surface area contributed by atoms with Gasteiger partial charge in [0.1, 0.15) is 18.3 Å². The average Bonchev–Trinajstić information content (AvgIpc) is 3.27. The first-order valence-corrected chi connectivity index (χ1v) is 17.5. The molecule has 0 unspecified atom stereocenters. The number of ether oxygens (including phenoxy) is 3. The average molecular weight is 639 g/mol. The van der Waals surface area contributed by atoms with Crippen LogP contribution < -0.4 is 0 Å². The maximum Gasteiger partial charge on any atom is 0.186 e. The molecule has 2 saturated heterocycles. The van der Waals surface area contributed by atoms with Gasteiger partial charge in [0.25, 0.3) is 0 Å². The second-order valence-corrected chi connectivity index (χ2v) is 18.1. The first kappa shape index (κ1) is 33.1. The first-order chi connectivity index (χ1) is 20.8. The van der Waals surface area contributed by atoms with Crippen molar-refractivity contribution in [1.82, 2.24) is 0 Å². The van der Waals surface area contributed by atoms with E-state index in [-0.39, 0.29) is 47.6 Å². The lowest BCUT2D eigenvalue weighted by atomic mass is 9.40. The Morgan fingerprint density at radius 2 is 1.51 bits per heavy atom. The number of aliphatic hydroxyl groups excluding tert-OH is 6. The molecule has 7 rings (SSSR count). The van der Waals surface area contributed by atoms with Crippen molar-refractivity contribution in [3.63, 3.8) is 0 Å². The van der Waals surface area contributed by atoms with E-state index in [0.29, 0.717) is 31.6 Å². The Morgan fingerprint density at radius 3 is 2.16 bits per heavy atom. The lowest BCUT2D eigenvalue weighted by molar-refractivity contribution is -0.304. The molecular weight excluding hydrogens is 580 g/mol. The van der Waals surface area contributed by atoms with Crippen molar-refractivity contribution in [2.24, 2.45) is 44.8 Å². The molecule has 0 aromatic carbocycles. The normalized spacial score (nSPS) is 58.7. The summed E-state index contributed by atoms with van der Waals surface area (Å²) in [6.45, 7) is 11.9. The van der Waals surface area contributed by atoms with Gasteiger partial charge in [-0.2, -0.15) is 0 Å². The highest BCUT2D eigenvalue weighted by Gasteiger charge is 2.86. The number of aliphatic hydroxyl groups is 7. The molecule has 5 aliphatic carbocycles. The zero-order chi connectivity index (χ0) is 32.8. The molecule has 45 heavy (non-hydrogen) atoms. The Bertz CT molecular complexity index is 1170. The number of rotatable bonds is 5. The molecule has 0 amide bonds. The van der Waals surface area contributed by atoms with Crippen LogP contribution in [-0.4, -0.2) is 109 Å². The molecule has 0 aromatic heterocycles. The Kier molecular flexibility index (Phi) is 7.42. The molecule has 0 bridgehead atoms. The molecule has 7 N–H and O–H groups in total. The third kappa shape index (κ3) is 4.10. The van der Waals surface area contributed by atoms with Gasteiger partial charge in [0.15, 0.2) is 6.29 Å². The maximum atomic E-state index is 12.4. The maximum absolute atomic E-state index is 12.4. The SMILES string of the molecule is CC(C)(O)[C@@H]1CC[C@](C)([C@@H]2[C@@H](O)C[C@@]3(C)[C@@H]4CC[C@@H]5C(C)(C)[C@@H](O[C@@H]6OC[C@@H](O)[C@H](O)[C@H]6O)CC[C@@]56C[C@@]46C[C@@H](O)[C@]23CO)O1. The van der Waals surface area contributed by atoms with E-state index in [4.69, 9.17) is 14.2 Å². The van der Waals surface area contributed by atoms with Gasteiger partial charge in [0.05, 0.1) is 48.8 Å². The van der Waals surface area contributed by atoms with Crippen molar-refractivity contribution in [2.45, 2.75) is 160 Å². The lowest BCUT2D eigenvalue weighted by Gasteiger charge is -2.65. The van der Waals surface area contributed by atoms with E-state index >= 15 is 0 Å². The summed E-state index contributed by atoms with van der Waals surface area (Å²) in [5.74, 6) is 0.0995. The monoisotopic (exact) mass is 638 g/mol. The highest BCUT2D eigenvalue weighted by atomic mass is 16.7. The van der Waals surface area contributed by atoms with Crippen LogP contribution in [0.3, 0.4) is 0 Å². The number of hydrogen-bond donors (Lipinski definition) is 7. The van der Waals surface area contributed by atoms with Crippen LogP contribution in [0.15, 0.2) is 0 Å². The number of hydrogen-bond acceptors (Lipinski definition) is 10. The largest absolute Gasteiger partial charge is 0.396 e. The van der Waals surface area contributed by atoms with Gasteiger partial charge in [-0.15, -0.1) is 0 Å². The van der Waals surface area contributed by atoms with Gasteiger partial charge in [-0.1, -0.05) is 20.8 Å². The molecule has 10 heteroatoms. The summed E-state index contributed by atoms with van der Waals surface area (Å²) in [5, 5.41) is 77.2. The van der Waals surface area contributed by atoms with Gasteiger partial charge in [-0.25, -0.2) is 0 Å². The zero-order valence-electron chi connectivity index (χ0n) is 28.0. The van der Waals surface area contributed by atoms with E-state index in [1.807, 2.05) is 6.92 Å². The van der Waals surface area contributed by atoms with E-state index in [1.165, 1.54) is 0 Å². The Morgan fingerprint density at radius 1 is 0.822 bits per heavy atom. The van der Waals surface area contributed by atoms with Gasteiger partial charge >= 0.3 is 0 Å². The minimum atomic E-state index is -1.32. The van der Waals surface area contributed by atoms with Gasteiger partial charge in [0, 0.05) is 11.3 Å². The molecular formula is C35H58O10. The molecule has 0 radical (unpaired) electrons. The highest BCUT2D eigenvalue weighted by Crippen LogP contribution is 2.89. The van der Waals surface area contributed by atoms with Gasteiger partial charge in [0.2, 0.25) is 0 Å². The molecule has 7 aliphatic rings. The smallest absolute Gasteiger partial charge is 0.186 e. The first-order valence-electron chi connectivity index (χ1n) is 17.5. The predicted molar refractivity (Wildman–Crippen MR) is 163 cm³/mol. The van der Waals surface area contributed by atoms with Crippen LogP contribution in [0.2, 0.25) is 0 Å². The fourth-order valence-corrected chi connectivity index (χ4v) is 13.5. The second-order valence-electron chi connectivity index (χ2n) is 18.1. The third-order valence-electron chi connectivity index (χ3n) is 15.5. The minimum Gasteiger partial charge on any atom is -0.396 e. The topological polar surface area (TPSA) is 169 Å². The van der Waals surface area contributed by atoms with E-state index in [9.17, 15) is 35.7 Å². The van der Waals surface area contributed by atoms with E-state index in [1.54, 1.807) is 13.8 Å². The van der Waals surface area contributed by atoms with E-state index in [0.717, 1.165) is 32.1 Å². The standard InChI is InChI=1S/C35H58O10/c1-29(2)20-7-8-21-31(5)13-18(37)27(32(6)11-9-24(45-32)30(3,4)42)35(31,17-36)22(39)14-34(21)16-33(20,34)12-10-23(29)44-28-26(41)25(40)19(38)15-43-28/h18-28,36-42H,7-17H2,1-6H3/t18-,19+,20+,21-,22+,23-,24-,25-,26+,27-,28-,31-,32+,33+,34-,35+/m0/s1. The van der Waals surface area contributed by atoms with Crippen LogP contribution in [0.25, 0.3) is 0 Å². The highest BCUT2D eigenvalue weighted by molar-refractivity contribution is 5.34. The summed E-state index contributed by atoms with van der Waals surface area (Å²) in [4.78, 5) is 0. The van der Waals surface area contributed by atoms with Gasteiger partial charge in [-0.05, 0) is 112 Å². The molecule has 2 heterocycles. The van der Waals surface area contributed by atoms with Gasteiger partial charge in [-0.3, -0.25) is 0 Å². The fraction of sp³-hybridized carbons (Fsp3) is 1.00. The van der Waals surface area contributed by atoms with Crippen LogP contribution in [0, 0.1) is 44.8 Å². The molecule has 16 atom stereocenters. The summed E-state index contributed by atoms with van der Waals surface area (Å²) < 4.78 is 18.6. The molecule has 10 nitrogen and oxygen atoms in total. The molecule has 0 aromatic rings. The molecule has 258 valence electrons.